The summed E-state index contributed by atoms with van der Waals surface area (Å²) in [6, 6.07) is 11.7. The highest BCUT2D eigenvalue weighted by molar-refractivity contribution is 6.33. The van der Waals surface area contributed by atoms with E-state index in [-0.39, 0.29) is 6.29 Å². The minimum absolute atomic E-state index is 0.225. The van der Waals surface area contributed by atoms with Gasteiger partial charge in [0.2, 0.25) is 0 Å². The lowest BCUT2D eigenvalue weighted by Gasteiger charge is -2.24. The molecule has 148 valence electrons. The van der Waals surface area contributed by atoms with Gasteiger partial charge in [0.1, 0.15) is 16.8 Å². The zero-order valence-corrected chi connectivity index (χ0v) is 16.8. The Labute approximate surface area is 173 Å². The zero-order valence-electron chi connectivity index (χ0n) is 16.1. The minimum atomic E-state index is -0.225. The average molecular weight is 409 g/mol. The van der Waals surface area contributed by atoms with Crippen molar-refractivity contribution in [3.05, 3.63) is 59.5 Å². The zero-order chi connectivity index (χ0) is 19.8. The third kappa shape index (κ3) is 3.39. The van der Waals surface area contributed by atoms with Gasteiger partial charge in [0, 0.05) is 6.42 Å². The van der Waals surface area contributed by atoms with Gasteiger partial charge in [0.05, 0.1) is 35.4 Å². The number of halogens is 1. The van der Waals surface area contributed by atoms with Gasteiger partial charge in [-0.25, -0.2) is 9.97 Å². The molecule has 0 aliphatic carbocycles. The fourth-order valence-corrected chi connectivity index (χ4v) is 3.98. The van der Waals surface area contributed by atoms with Crippen molar-refractivity contribution in [1.82, 2.24) is 14.4 Å². The number of nitrogens with one attached hydrogen (secondary N) is 1. The molecule has 2 aromatic carbocycles. The number of para-hydroxylation sites is 2. The Balaban J connectivity index is 1.61. The average Bonchev–Trinajstić information content (AvgIpc) is 3.22. The van der Waals surface area contributed by atoms with E-state index in [9.17, 15) is 0 Å². The summed E-state index contributed by atoms with van der Waals surface area (Å²) in [5.41, 5.74) is 4.40. The van der Waals surface area contributed by atoms with Crippen molar-refractivity contribution in [1.29, 1.82) is 0 Å². The maximum absolute atomic E-state index is 6.41. The smallest absolute Gasteiger partial charge is 0.199 e. The van der Waals surface area contributed by atoms with Crippen LogP contribution in [-0.4, -0.2) is 27.3 Å². The van der Waals surface area contributed by atoms with Gasteiger partial charge in [0.25, 0.3) is 0 Å². The Kier molecular flexibility index (Phi) is 4.73. The van der Waals surface area contributed by atoms with E-state index in [0.717, 1.165) is 59.4 Å². The van der Waals surface area contributed by atoms with Crippen LogP contribution in [0.5, 0.6) is 5.75 Å². The van der Waals surface area contributed by atoms with Crippen LogP contribution in [0.1, 0.15) is 24.8 Å². The van der Waals surface area contributed by atoms with Crippen LogP contribution >= 0.6 is 11.6 Å². The fourth-order valence-electron chi connectivity index (χ4n) is 3.71. The summed E-state index contributed by atoms with van der Waals surface area (Å²) in [7, 11) is 0. The third-order valence-corrected chi connectivity index (χ3v) is 5.51. The van der Waals surface area contributed by atoms with Crippen molar-refractivity contribution in [2.24, 2.45) is 0 Å². The molecule has 0 bridgehead atoms. The van der Waals surface area contributed by atoms with Crippen LogP contribution in [0.25, 0.3) is 16.6 Å². The molecular formula is C22H21ClN4O2. The van der Waals surface area contributed by atoms with Crippen molar-refractivity contribution < 1.29 is 9.47 Å². The highest BCUT2D eigenvalue weighted by Crippen LogP contribution is 2.34. The summed E-state index contributed by atoms with van der Waals surface area (Å²) in [6.07, 6.45) is 6.42. The van der Waals surface area contributed by atoms with Crippen molar-refractivity contribution in [2.75, 3.05) is 11.9 Å². The summed E-state index contributed by atoms with van der Waals surface area (Å²) in [4.78, 5) is 9.21. The lowest BCUT2D eigenvalue weighted by Crippen LogP contribution is -2.25. The number of aromatic nitrogens is 3. The number of imidazole rings is 1. The van der Waals surface area contributed by atoms with Crippen LogP contribution < -0.4 is 10.1 Å². The molecule has 0 radical (unpaired) electrons. The molecule has 2 aromatic heterocycles. The maximum Gasteiger partial charge on any atom is 0.199 e. The van der Waals surface area contributed by atoms with E-state index >= 15 is 0 Å². The quantitative estimate of drug-likeness (QED) is 0.483. The second-order valence-corrected chi connectivity index (χ2v) is 7.61. The van der Waals surface area contributed by atoms with E-state index in [1.54, 1.807) is 12.5 Å². The second kappa shape index (κ2) is 7.54. The van der Waals surface area contributed by atoms with E-state index in [2.05, 4.69) is 10.3 Å². The van der Waals surface area contributed by atoms with Crippen molar-refractivity contribution in [2.45, 2.75) is 32.5 Å². The summed E-state index contributed by atoms with van der Waals surface area (Å²) in [6.45, 7) is 2.75. The molecule has 1 saturated heterocycles. The van der Waals surface area contributed by atoms with Crippen LogP contribution in [0, 0.1) is 6.92 Å². The SMILES string of the molecule is Cc1cccc(Cl)c1Nc1nc2cccc(OC3CCCCO3)c2n2cncc12. The first kappa shape index (κ1) is 18.2. The normalized spacial score (nSPS) is 17.0. The molecule has 1 aliphatic rings. The van der Waals surface area contributed by atoms with Gasteiger partial charge in [-0.2, -0.15) is 0 Å². The number of rotatable bonds is 4. The lowest BCUT2D eigenvalue weighted by molar-refractivity contribution is -0.105. The summed E-state index contributed by atoms with van der Waals surface area (Å²) < 4.78 is 13.9. The molecular weight excluding hydrogens is 388 g/mol. The summed E-state index contributed by atoms with van der Waals surface area (Å²) >= 11 is 6.41. The van der Waals surface area contributed by atoms with Crippen LogP contribution in [0.2, 0.25) is 5.02 Å². The predicted molar refractivity (Wildman–Crippen MR) is 114 cm³/mol. The van der Waals surface area contributed by atoms with Crippen LogP contribution in [0.4, 0.5) is 11.5 Å². The number of hydrogen-bond acceptors (Lipinski definition) is 5. The predicted octanol–water partition coefficient (Wildman–Crippen LogP) is 5.49. The van der Waals surface area contributed by atoms with Crippen LogP contribution in [0.15, 0.2) is 48.9 Å². The summed E-state index contributed by atoms with van der Waals surface area (Å²) in [5.74, 6) is 1.43. The number of hydrogen-bond donors (Lipinski definition) is 1. The molecule has 5 rings (SSSR count). The summed E-state index contributed by atoms with van der Waals surface area (Å²) in [5, 5.41) is 4.04. The van der Waals surface area contributed by atoms with Crippen LogP contribution in [0.3, 0.4) is 0 Å². The van der Waals surface area contributed by atoms with Gasteiger partial charge in [0.15, 0.2) is 12.1 Å². The van der Waals surface area contributed by atoms with E-state index < -0.39 is 0 Å². The molecule has 0 saturated carbocycles. The highest BCUT2D eigenvalue weighted by Gasteiger charge is 2.19. The Hall–Kier alpha value is -2.83. The fraction of sp³-hybridized carbons (Fsp3) is 0.273. The molecule has 1 fully saturated rings. The maximum atomic E-state index is 6.41. The third-order valence-electron chi connectivity index (χ3n) is 5.19. The molecule has 3 heterocycles. The molecule has 1 atom stereocenters. The van der Waals surface area contributed by atoms with Gasteiger partial charge in [-0.3, -0.25) is 4.40 Å². The molecule has 7 heteroatoms. The standard InChI is InChI=1S/C22H21ClN4O2/c1-14-6-4-7-15(23)20(14)26-22-17-12-24-13-27(17)21-16(25-22)8-5-9-18(21)29-19-10-2-3-11-28-19/h4-9,12-13,19H,2-3,10-11H2,1H3,(H,25,26). The van der Waals surface area contributed by atoms with Crippen molar-refractivity contribution in [3.63, 3.8) is 0 Å². The van der Waals surface area contributed by atoms with Gasteiger partial charge in [-0.1, -0.05) is 29.8 Å². The number of fused-ring (bicyclic) bond motifs is 3. The first-order chi connectivity index (χ1) is 14.2. The molecule has 1 unspecified atom stereocenters. The Morgan fingerprint density at radius 3 is 2.93 bits per heavy atom. The number of benzene rings is 2. The minimum Gasteiger partial charge on any atom is -0.463 e. The molecule has 0 amide bonds. The molecule has 1 N–H and O–H groups in total. The lowest BCUT2D eigenvalue weighted by atomic mass is 10.2. The molecule has 29 heavy (non-hydrogen) atoms. The van der Waals surface area contributed by atoms with Crippen LogP contribution in [-0.2, 0) is 4.74 Å². The first-order valence-electron chi connectivity index (χ1n) is 9.76. The number of nitrogens with zero attached hydrogens (tertiary/aromatic N) is 3. The number of ether oxygens (including phenoxy) is 2. The molecule has 0 spiro atoms. The highest BCUT2D eigenvalue weighted by atomic mass is 35.5. The van der Waals surface area contributed by atoms with Gasteiger partial charge in [-0.15, -0.1) is 0 Å². The molecule has 1 aliphatic heterocycles. The Morgan fingerprint density at radius 1 is 1.21 bits per heavy atom. The van der Waals surface area contributed by atoms with Gasteiger partial charge < -0.3 is 14.8 Å². The largest absolute Gasteiger partial charge is 0.463 e. The van der Waals surface area contributed by atoms with E-state index in [1.165, 1.54) is 0 Å². The monoisotopic (exact) mass is 408 g/mol. The topological polar surface area (TPSA) is 60.7 Å². The Bertz CT molecular complexity index is 1160. The van der Waals surface area contributed by atoms with Crippen molar-refractivity contribution >= 4 is 39.7 Å². The molecule has 4 aromatic rings. The van der Waals surface area contributed by atoms with E-state index in [0.29, 0.717) is 10.8 Å². The first-order valence-corrected chi connectivity index (χ1v) is 10.1. The van der Waals surface area contributed by atoms with E-state index in [4.69, 9.17) is 26.1 Å². The number of anilines is 2. The Morgan fingerprint density at radius 2 is 2.10 bits per heavy atom. The van der Waals surface area contributed by atoms with Gasteiger partial charge in [-0.05, 0) is 43.5 Å². The second-order valence-electron chi connectivity index (χ2n) is 7.20. The van der Waals surface area contributed by atoms with Crippen molar-refractivity contribution in [3.8, 4) is 5.75 Å². The van der Waals surface area contributed by atoms with E-state index in [1.807, 2.05) is 47.7 Å². The number of aryl methyl sites for hydroxylation is 1. The van der Waals surface area contributed by atoms with Gasteiger partial charge >= 0.3 is 0 Å². The molecule has 6 nitrogen and oxygen atoms in total.